The molecule has 7 nitrogen and oxygen atoms in total. The van der Waals surface area contributed by atoms with Crippen molar-refractivity contribution >= 4 is 61.4 Å². The smallest absolute Gasteiger partial charge is 0.341 e. The Labute approximate surface area is 224 Å². The average molecular weight is 550 g/mol. The number of carbonyl (C=O) groups is 2. The van der Waals surface area contributed by atoms with Crippen LogP contribution in [0.3, 0.4) is 0 Å². The lowest BCUT2D eigenvalue weighted by atomic mass is 10.0. The molecule has 5 rings (SSSR count). The SMILES string of the molecule is CCOC(=O)c1c(-c2ccc(Cl)cc2)csc1NC(=O)Cn1cnc2scc(-c3ccccc3)c2c1=O. The summed E-state index contributed by atoms with van der Waals surface area (Å²) in [5.41, 5.74) is 3.03. The highest BCUT2D eigenvalue weighted by Gasteiger charge is 2.23. The zero-order valence-corrected chi connectivity index (χ0v) is 22.0. The maximum absolute atomic E-state index is 13.3. The normalized spacial score (nSPS) is 11.0. The number of esters is 1. The Balaban J connectivity index is 1.45. The van der Waals surface area contributed by atoms with Gasteiger partial charge in [-0.2, -0.15) is 0 Å². The lowest BCUT2D eigenvalue weighted by molar-refractivity contribution is -0.116. The number of fused-ring (bicyclic) bond motifs is 1. The van der Waals surface area contributed by atoms with Crippen LogP contribution in [0.15, 0.2) is 76.5 Å². The second-order valence-corrected chi connectivity index (χ2v) is 10.2. The summed E-state index contributed by atoms with van der Waals surface area (Å²) in [6.45, 7) is 1.64. The number of benzene rings is 2. The first-order chi connectivity index (χ1) is 18.0. The zero-order chi connectivity index (χ0) is 25.9. The Bertz CT molecular complexity index is 1660. The molecule has 37 heavy (non-hydrogen) atoms. The Morgan fingerprint density at radius 3 is 2.43 bits per heavy atom. The van der Waals surface area contributed by atoms with Crippen LogP contribution < -0.4 is 10.9 Å². The molecule has 0 unspecified atom stereocenters. The van der Waals surface area contributed by atoms with Crippen LogP contribution in [0, 0.1) is 0 Å². The van der Waals surface area contributed by atoms with Crippen molar-refractivity contribution in [1.82, 2.24) is 9.55 Å². The third-order valence-electron chi connectivity index (χ3n) is 5.64. The molecule has 3 heterocycles. The number of anilines is 1. The van der Waals surface area contributed by atoms with Gasteiger partial charge in [-0.15, -0.1) is 22.7 Å². The molecule has 1 amide bonds. The van der Waals surface area contributed by atoms with E-state index in [0.29, 0.717) is 25.8 Å². The first-order valence-corrected chi connectivity index (χ1v) is 13.5. The average Bonchev–Trinajstić information content (AvgIpc) is 3.52. The molecule has 10 heteroatoms. The molecule has 0 radical (unpaired) electrons. The number of rotatable bonds is 7. The summed E-state index contributed by atoms with van der Waals surface area (Å²) in [5.74, 6) is -1.01. The van der Waals surface area contributed by atoms with Gasteiger partial charge < -0.3 is 10.1 Å². The van der Waals surface area contributed by atoms with E-state index in [1.165, 1.54) is 33.6 Å². The molecule has 1 N–H and O–H groups in total. The number of ether oxygens (including phenoxy) is 1. The fourth-order valence-electron chi connectivity index (χ4n) is 3.93. The van der Waals surface area contributed by atoms with Crippen molar-refractivity contribution in [3.63, 3.8) is 0 Å². The van der Waals surface area contributed by atoms with Gasteiger partial charge in [0.1, 0.15) is 21.9 Å². The second kappa shape index (κ2) is 10.7. The minimum atomic E-state index is -0.546. The van der Waals surface area contributed by atoms with Crippen LogP contribution >= 0.6 is 34.3 Å². The lowest BCUT2D eigenvalue weighted by Crippen LogP contribution is -2.28. The molecule has 0 atom stereocenters. The van der Waals surface area contributed by atoms with Gasteiger partial charge in [0.25, 0.3) is 5.56 Å². The van der Waals surface area contributed by atoms with E-state index in [2.05, 4.69) is 10.3 Å². The summed E-state index contributed by atoms with van der Waals surface area (Å²) in [5, 5.41) is 7.85. The minimum absolute atomic E-state index is 0.188. The predicted octanol–water partition coefficient (Wildman–Crippen LogP) is 6.32. The van der Waals surface area contributed by atoms with Gasteiger partial charge in [-0.25, -0.2) is 9.78 Å². The van der Waals surface area contributed by atoms with Crippen molar-refractivity contribution in [1.29, 1.82) is 0 Å². The van der Waals surface area contributed by atoms with Gasteiger partial charge in [-0.3, -0.25) is 14.2 Å². The molecule has 0 bridgehead atoms. The van der Waals surface area contributed by atoms with Crippen LogP contribution in [0.4, 0.5) is 5.00 Å². The predicted molar refractivity (Wildman–Crippen MR) is 149 cm³/mol. The monoisotopic (exact) mass is 549 g/mol. The molecular formula is C27H20ClN3O4S2. The number of carbonyl (C=O) groups excluding carboxylic acids is 2. The van der Waals surface area contributed by atoms with E-state index < -0.39 is 11.9 Å². The molecule has 0 aliphatic heterocycles. The van der Waals surface area contributed by atoms with Crippen molar-refractivity contribution in [3.05, 3.63) is 92.6 Å². The van der Waals surface area contributed by atoms with Crippen LogP contribution in [0.1, 0.15) is 17.3 Å². The van der Waals surface area contributed by atoms with Gasteiger partial charge in [0, 0.05) is 26.9 Å². The first kappa shape index (κ1) is 24.9. The Morgan fingerprint density at radius 2 is 1.70 bits per heavy atom. The molecule has 0 saturated carbocycles. The number of aromatic nitrogens is 2. The molecular weight excluding hydrogens is 530 g/mol. The van der Waals surface area contributed by atoms with E-state index in [1.54, 1.807) is 36.6 Å². The Hall–Kier alpha value is -3.79. The Morgan fingerprint density at radius 1 is 1.00 bits per heavy atom. The molecule has 2 aromatic carbocycles. The van der Waals surface area contributed by atoms with Crippen LogP contribution in [-0.4, -0.2) is 28.0 Å². The van der Waals surface area contributed by atoms with E-state index in [0.717, 1.165) is 16.7 Å². The number of halogens is 1. The number of amides is 1. The highest BCUT2D eigenvalue weighted by molar-refractivity contribution is 7.17. The quantitative estimate of drug-likeness (QED) is 0.240. The lowest BCUT2D eigenvalue weighted by Gasteiger charge is -2.10. The fraction of sp³-hybridized carbons (Fsp3) is 0.111. The van der Waals surface area contributed by atoms with Gasteiger partial charge in [0.05, 0.1) is 18.3 Å². The van der Waals surface area contributed by atoms with Crippen molar-refractivity contribution in [2.75, 3.05) is 11.9 Å². The molecule has 0 spiro atoms. The van der Waals surface area contributed by atoms with E-state index >= 15 is 0 Å². The third-order valence-corrected chi connectivity index (χ3v) is 7.67. The van der Waals surface area contributed by atoms with Crippen molar-refractivity contribution in [2.24, 2.45) is 0 Å². The molecule has 0 aliphatic carbocycles. The molecule has 186 valence electrons. The van der Waals surface area contributed by atoms with Crippen molar-refractivity contribution < 1.29 is 14.3 Å². The van der Waals surface area contributed by atoms with Gasteiger partial charge in [-0.05, 0) is 30.2 Å². The molecule has 0 aliphatic rings. The summed E-state index contributed by atoms with van der Waals surface area (Å²) in [6, 6.07) is 16.6. The zero-order valence-electron chi connectivity index (χ0n) is 19.6. The van der Waals surface area contributed by atoms with Crippen LogP contribution in [-0.2, 0) is 16.1 Å². The van der Waals surface area contributed by atoms with E-state index in [1.807, 2.05) is 35.7 Å². The van der Waals surface area contributed by atoms with Gasteiger partial charge in [0.2, 0.25) is 5.91 Å². The van der Waals surface area contributed by atoms with Gasteiger partial charge in [-0.1, -0.05) is 54.1 Å². The fourth-order valence-corrected chi connectivity index (χ4v) is 5.93. The van der Waals surface area contributed by atoms with Crippen molar-refractivity contribution in [2.45, 2.75) is 13.5 Å². The number of nitrogens with zero attached hydrogens (tertiary/aromatic N) is 2. The number of hydrogen-bond donors (Lipinski definition) is 1. The summed E-state index contributed by atoms with van der Waals surface area (Å²) in [4.78, 5) is 44.2. The summed E-state index contributed by atoms with van der Waals surface area (Å²) < 4.78 is 6.53. The molecule has 3 aromatic heterocycles. The summed E-state index contributed by atoms with van der Waals surface area (Å²) >= 11 is 8.60. The van der Waals surface area contributed by atoms with E-state index in [-0.39, 0.29) is 24.3 Å². The largest absolute Gasteiger partial charge is 0.462 e. The number of nitrogens with one attached hydrogen (secondary N) is 1. The summed E-state index contributed by atoms with van der Waals surface area (Å²) in [7, 11) is 0. The highest BCUT2D eigenvalue weighted by atomic mass is 35.5. The number of thiophene rings is 2. The maximum Gasteiger partial charge on any atom is 0.341 e. The van der Waals surface area contributed by atoms with Crippen LogP contribution in [0.5, 0.6) is 0 Å². The van der Waals surface area contributed by atoms with E-state index in [9.17, 15) is 14.4 Å². The standard InChI is InChI=1S/C27H20ClN3O4S2/c1-2-35-27(34)23-20(17-8-10-18(28)11-9-17)14-37-25(23)30-21(32)12-31-15-29-24-22(26(31)33)19(13-36-24)16-6-4-3-5-7-16/h3-11,13-15H,2,12H2,1H3,(H,30,32). The third kappa shape index (κ3) is 5.06. The topological polar surface area (TPSA) is 90.3 Å². The van der Waals surface area contributed by atoms with E-state index in [4.69, 9.17) is 16.3 Å². The van der Waals surface area contributed by atoms with Crippen LogP contribution in [0.2, 0.25) is 5.02 Å². The molecule has 0 fully saturated rings. The van der Waals surface area contributed by atoms with Crippen LogP contribution in [0.25, 0.3) is 32.5 Å². The Kier molecular flexibility index (Phi) is 7.18. The van der Waals surface area contributed by atoms with Crippen molar-refractivity contribution in [3.8, 4) is 22.3 Å². The second-order valence-electron chi connectivity index (χ2n) is 8.00. The van der Waals surface area contributed by atoms with Gasteiger partial charge >= 0.3 is 5.97 Å². The first-order valence-electron chi connectivity index (χ1n) is 11.3. The number of hydrogen-bond acceptors (Lipinski definition) is 7. The highest BCUT2D eigenvalue weighted by Crippen LogP contribution is 2.37. The van der Waals surface area contributed by atoms with Gasteiger partial charge in [0.15, 0.2) is 0 Å². The summed E-state index contributed by atoms with van der Waals surface area (Å²) in [6.07, 6.45) is 1.37. The minimum Gasteiger partial charge on any atom is -0.462 e. The molecule has 0 saturated heterocycles. The maximum atomic E-state index is 13.3. The molecule has 5 aromatic rings.